The molecule has 160 valence electrons. The average Bonchev–Trinajstić information content (AvgIpc) is 3.34. The molecule has 0 spiro atoms. The van der Waals surface area contributed by atoms with Gasteiger partial charge in [-0.15, -0.1) is 0 Å². The number of rotatable bonds is 5. The number of carbonyl (C=O) groups excluding carboxylic acids is 1. The topological polar surface area (TPSA) is 53.0 Å². The van der Waals surface area contributed by atoms with Crippen molar-refractivity contribution in [2.45, 2.75) is 89.5 Å². The summed E-state index contributed by atoms with van der Waals surface area (Å²) in [5.41, 5.74) is -0.675. The highest BCUT2D eigenvalue weighted by Crippen LogP contribution is 2.49. The standard InChI is InChI=1S/C20H31F3N2O3/c1-19(2,3)18(27)28-17-14-7-12-6-13(24(14)9-11-4-5-11)16(17)25(10-12)15(26)8-20(21,22)23/h11-17,26H,4-10H2,1-3H3/t12?,13?,14?,15?,16?,17-/m0/s1. The Morgan fingerprint density at radius 3 is 2.39 bits per heavy atom. The smallest absolute Gasteiger partial charge is 0.392 e. The number of piperidine rings is 2. The molecule has 4 aliphatic rings. The Morgan fingerprint density at radius 2 is 1.82 bits per heavy atom. The summed E-state index contributed by atoms with van der Waals surface area (Å²) in [7, 11) is 0. The molecule has 1 saturated carbocycles. The average molecular weight is 404 g/mol. The number of aliphatic hydroxyl groups is 1. The van der Waals surface area contributed by atoms with Crippen LogP contribution in [0, 0.1) is 17.3 Å². The predicted octanol–water partition coefficient (Wildman–Crippen LogP) is 2.77. The van der Waals surface area contributed by atoms with Gasteiger partial charge < -0.3 is 9.84 Å². The normalized spacial score (nSPS) is 37.3. The van der Waals surface area contributed by atoms with Gasteiger partial charge in [-0.2, -0.15) is 13.2 Å². The van der Waals surface area contributed by atoms with Crippen LogP contribution in [0.4, 0.5) is 13.2 Å². The lowest BCUT2D eigenvalue weighted by Gasteiger charge is -2.48. The van der Waals surface area contributed by atoms with Crippen LogP contribution in [-0.4, -0.2) is 70.6 Å². The highest BCUT2D eigenvalue weighted by Gasteiger charge is 2.61. The van der Waals surface area contributed by atoms with Crippen molar-refractivity contribution >= 4 is 5.97 Å². The Balaban J connectivity index is 1.61. The van der Waals surface area contributed by atoms with Crippen molar-refractivity contribution in [2.24, 2.45) is 17.3 Å². The number of hydrogen-bond donors (Lipinski definition) is 1. The Kier molecular flexibility index (Phi) is 4.99. The fourth-order valence-electron chi connectivity index (χ4n) is 5.34. The fraction of sp³-hybridized carbons (Fsp3) is 0.950. The van der Waals surface area contributed by atoms with E-state index in [9.17, 15) is 23.1 Å². The van der Waals surface area contributed by atoms with Crippen LogP contribution >= 0.6 is 0 Å². The third-order valence-corrected chi connectivity index (χ3v) is 6.78. The molecule has 1 aliphatic carbocycles. The van der Waals surface area contributed by atoms with E-state index in [0.717, 1.165) is 19.4 Å². The van der Waals surface area contributed by atoms with E-state index in [-0.39, 0.29) is 30.0 Å². The van der Waals surface area contributed by atoms with Crippen LogP contribution in [0.2, 0.25) is 0 Å². The number of alkyl halides is 3. The number of halogens is 3. The van der Waals surface area contributed by atoms with Crippen molar-refractivity contribution in [1.82, 2.24) is 9.80 Å². The van der Waals surface area contributed by atoms with Crippen molar-refractivity contribution in [3.05, 3.63) is 0 Å². The maximum absolute atomic E-state index is 13.0. The van der Waals surface area contributed by atoms with Crippen molar-refractivity contribution in [1.29, 1.82) is 0 Å². The second-order valence-corrected chi connectivity index (χ2v) is 10.2. The first-order valence-electron chi connectivity index (χ1n) is 10.4. The van der Waals surface area contributed by atoms with Crippen molar-refractivity contribution in [3.63, 3.8) is 0 Å². The maximum atomic E-state index is 13.0. The Labute approximate surface area is 164 Å². The Bertz CT molecular complexity index is 617. The number of aliphatic hydroxyl groups excluding tert-OH is 1. The molecule has 0 aromatic carbocycles. The van der Waals surface area contributed by atoms with E-state index < -0.39 is 30.3 Å². The summed E-state index contributed by atoms with van der Waals surface area (Å²) >= 11 is 0. The van der Waals surface area contributed by atoms with Crippen LogP contribution in [0.5, 0.6) is 0 Å². The van der Waals surface area contributed by atoms with Gasteiger partial charge in [-0.25, -0.2) is 0 Å². The SMILES string of the molecule is CC(C)(C)C(=O)O[C@H]1C2CC3CC(C1N(C(O)CC(F)(F)F)C3)N2CC1CC1. The Morgan fingerprint density at radius 1 is 1.18 bits per heavy atom. The van der Waals surface area contributed by atoms with E-state index in [1.54, 1.807) is 25.7 Å². The lowest BCUT2D eigenvalue weighted by molar-refractivity contribution is -0.191. The molecule has 3 saturated heterocycles. The summed E-state index contributed by atoms with van der Waals surface area (Å²) in [6, 6.07) is -0.270. The number of hydrogen-bond acceptors (Lipinski definition) is 5. The lowest BCUT2D eigenvalue weighted by atomic mass is 9.86. The summed E-state index contributed by atoms with van der Waals surface area (Å²) in [6.45, 7) is 6.71. The molecule has 0 aromatic rings. The molecule has 0 radical (unpaired) electrons. The quantitative estimate of drug-likeness (QED) is 0.715. The molecule has 5 nitrogen and oxygen atoms in total. The van der Waals surface area contributed by atoms with E-state index in [1.807, 2.05) is 0 Å². The van der Waals surface area contributed by atoms with Crippen LogP contribution in [0.3, 0.4) is 0 Å². The Hall–Kier alpha value is -0.860. The largest absolute Gasteiger partial charge is 0.459 e. The summed E-state index contributed by atoms with van der Waals surface area (Å²) in [6.07, 6.45) is -3.65. The number of carbonyl (C=O) groups is 1. The van der Waals surface area contributed by atoms with E-state index in [0.29, 0.717) is 12.5 Å². The molecule has 28 heavy (non-hydrogen) atoms. The molecule has 3 heterocycles. The molecule has 5 unspecified atom stereocenters. The summed E-state index contributed by atoms with van der Waals surface area (Å²) < 4.78 is 44.8. The predicted molar refractivity (Wildman–Crippen MR) is 96.2 cm³/mol. The van der Waals surface area contributed by atoms with Gasteiger partial charge in [0.15, 0.2) is 0 Å². The molecule has 4 fully saturated rings. The molecule has 0 aromatic heterocycles. The van der Waals surface area contributed by atoms with Gasteiger partial charge in [-0.3, -0.25) is 14.6 Å². The summed E-state index contributed by atoms with van der Waals surface area (Å²) in [5, 5.41) is 10.4. The second-order valence-electron chi connectivity index (χ2n) is 10.2. The van der Waals surface area contributed by atoms with Gasteiger partial charge in [0.05, 0.1) is 17.9 Å². The van der Waals surface area contributed by atoms with Crippen LogP contribution in [-0.2, 0) is 9.53 Å². The van der Waals surface area contributed by atoms with E-state index >= 15 is 0 Å². The van der Waals surface area contributed by atoms with Gasteiger partial charge >= 0.3 is 12.1 Å². The van der Waals surface area contributed by atoms with Crippen molar-refractivity contribution < 1.29 is 27.8 Å². The van der Waals surface area contributed by atoms with Gasteiger partial charge in [0.1, 0.15) is 12.3 Å². The zero-order chi connectivity index (χ0) is 20.4. The lowest BCUT2D eigenvalue weighted by Crippen LogP contribution is -2.60. The minimum absolute atomic E-state index is 0.0451. The minimum atomic E-state index is -4.43. The zero-order valence-corrected chi connectivity index (χ0v) is 16.8. The second kappa shape index (κ2) is 6.84. The van der Waals surface area contributed by atoms with Crippen molar-refractivity contribution in [3.8, 4) is 0 Å². The van der Waals surface area contributed by atoms with Gasteiger partial charge in [0.25, 0.3) is 0 Å². The number of esters is 1. The first-order valence-corrected chi connectivity index (χ1v) is 10.4. The van der Waals surface area contributed by atoms with Gasteiger partial charge in [-0.1, -0.05) is 0 Å². The van der Waals surface area contributed by atoms with E-state index in [2.05, 4.69) is 4.90 Å². The highest BCUT2D eigenvalue weighted by molar-refractivity contribution is 5.75. The molecule has 0 amide bonds. The fourth-order valence-corrected chi connectivity index (χ4v) is 5.34. The summed E-state index contributed by atoms with van der Waals surface area (Å²) in [5.74, 6) is 0.556. The minimum Gasteiger partial charge on any atom is -0.459 e. The highest BCUT2D eigenvalue weighted by atomic mass is 19.4. The zero-order valence-electron chi connectivity index (χ0n) is 16.8. The van der Waals surface area contributed by atoms with E-state index in [1.165, 1.54) is 12.8 Å². The monoisotopic (exact) mass is 404 g/mol. The number of nitrogens with zero attached hydrogens (tertiary/aromatic N) is 2. The van der Waals surface area contributed by atoms with Crippen LogP contribution in [0.15, 0.2) is 0 Å². The third-order valence-electron chi connectivity index (χ3n) is 6.78. The first-order chi connectivity index (χ1) is 12.9. The molecule has 8 heteroatoms. The molecule has 3 aliphatic heterocycles. The molecule has 6 atom stereocenters. The number of likely N-dealkylation sites (tertiary alicyclic amines) is 1. The first kappa shape index (κ1) is 20.4. The molecular weight excluding hydrogens is 373 g/mol. The van der Waals surface area contributed by atoms with Gasteiger partial charge in [-0.05, 0) is 58.3 Å². The number of fused-ring (bicyclic) bond motifs is 2. The molecule has 4 rings (SSSR count). The molecule has 1 N–H and O–H groups in total. The van der Waals surface area contributed by atoms with E-state index in [4.69, 9.17) is 4.74 Å². The third kappa shape index (κ3) is 3.92. The number of ether oxygens (including phenoxy) is 1. The van der Waals surface area contributed by atoms with Gasteiger partial charge in [0, 0.05) is 25.2 Å². The summed E-state index contributed by atoms with van der Waals surface area (Å²) in [4.78, 5) is 16.6. The van der Waals surface area contributed by atoms with Crippen molar-refractivity contribution in [2.75, 3.05) is 13.1 Å². The maximum Gasteiger partial charge on any atom is 0.392 e. The van der Waals surface area contributed by atoms with Crippen LogP contribution < -0.4 is 0 Å². The molecular formula is C20H31F3N2O3. The molecule has 3 bridgehead atoms. The van der Waals surface area contributed by atoms with Crippen LogP contribution in [0.1, 0.15) is 52.9 Å². The van der Waals surface area contributed by atoms with Crippen LogP contribution in [0.25, 0.3) is 0 Å². The van der Waals surface area contributed by atoms with Gasteiger partial charge in [0.2, 0.25) is 0 Å².